The van der Waals surface area contributed by atoms with Crippen LogP contribution in [0.3, 0.4) is 0 Å². The molecule has 0 saturated carbocycles. The van der Waals surface area contributed by atoms with E-state index < -0.39 is 0 Å². The smallest absolute Gasteiger partial charge is 0.270 e. The van der Waals surface area contributed by atoms with Gasteiger partial charge >= 0.3 is 0 Å². The molecule has 18 heavy (non-hydrogen) atoms. The molecular formula is C11H16N4OS2. The average Bonchev–Trinajstić information content (AvgIpc) is 2.46. The summed E-state index contributed by atoms with van der Waals surface area (Å²) in [6.07, 6.45) is 0. The van der Waals surface area contributed by atoms with Crippen LogP contribution in [0.4, 0.5) is 5.82 Å². The molecule has 0 radical (unpaired) electrons. The first-order valence-electron chi connectivity index (χ1n) is 5.71. The summed E-state index contributed by atoms with van der Waals surface area (Å²) in [4.78, 5) is 16.0. The first-order chi connectivity index (χ1) is 8.79. The summed E-state index contributed by atoms with van der Waals surface area (Å²) in [6, 6.07) is 5.14. The van der Waals surface area contributed by atoms with E-state index in [9.17, 15) is 4.79 Å². The van der Waals surface area contributed by atoms with E-state index in [1.807, 2.05) is 23.5 Å². The Kier molecular flexibility index (Phi) is 5.15. The number of nitrogens with one attached hydrogen (secondary N) is 2. The molecule has 1 aromatic heterocycles. The van der Waals surface area contributed by atoms with Gasteiger partial charge in [-0.2, -0.15) is 23.5 Å². The number of amides is 1. The molecule has 0 bridgehead atoms. The SMILES string of the molecule is NNc1cccc(C(=O)NCC2CSCCS2)n1. The van der Waals surface area contributed by atoms with Crippen LogP contribution in [0.25, 0.3) is 0 Å². The Morgan fingerprint density at radius 1 is 1.50 bits per heavy atom. The number of thioether (sulfide) groups is 2. The van der Waals surface area contributed by atoms with Gasteiger partial charge in [0.25, 0.3) is 5.91 Å². The van der Waals surface area contributed by atoms with Crippen molar-refractivity contribution in [2.45, 2.75) is 5.25 Å². The number of rotatable bonds is 4. The summed E-state index contributed by atoms with van der Waals surface area (Å²) in [5.74, 6) is 9.07. The lowest BCUT2D eigenvalue weighted by Crippen LogP contribution is -2.33. The van der Waals surface area contributed by atoms with E-state index in [1.54, 1.807) is 18.2 Å². The fourth-order valence-electron chi connectivity index (χ4n) is 1.59. The second-order valence-corrected chi connectivity index (χ2v) is 6.39. The molecule has 5 nitrogen and oxygen atoms in total. The third kappa shape index (κ3) is 3.79. The Balaban J connectivity index is 1.86. The van der Waals surface area contributed by atoms with Crippen molar-refractivity contribution in [2.75, 3.05) is 29.2 Å². The molecule has 1 aromatic rings. The fraction of sp³-hybridized carbons (Fsp3) is 0.455. The largest absolute Gasteiger partial charge is 0.350 e. The standard InChI is InChI=1S/C11H16N4OS2/c12-15-10-3-1-2-9(14-10)11(16)13-6-8-7-17-4-5-18-8/h1-3,8H,4-7,12H2,(H,13,16)(H,14,15). The lowest BCUT2D eigenvalue weighted by Gasteiger charge is -2.20. The number of carbonyl (C=O) groups is 1. The lowest BCUT2D eigenvalue weighted by atomic mass is 10.3. The van der Waals surface area contributed by atoms with E-state index in [1.165, 1.54) is 5.75 Å². The molecule has 1 amide bonds. The van der Waals surface area contributed by atoms with Gasteiger partial charge in [0.15, 0.2) is 0 Å². The molecule has 0 spiro atoms. The number of pyridine rings is 1. The number of nitrogen functional groups attached to an aromatic ring is 1. The third-order valence-corrected chi connectivity index (χ3v) is 5.35. The molecule has 1 fully saturated rings. The van der Waals surface area contributed by atoms with Crippen LogP contribution >= 0.6 is 23.5 Å². The molecule has 98 valence electrons. The zero-order valence-corrected chi connectivity index (χ0v) is 11.5. The molecule has 0 aliphatic carbocycles. The van der Waals surface area contributed by atoms with Crippen LogP contribution in [0.2, 0.25) is 0 Å². The van der Waals surface area contributed by atoms with Crippen molar-refractivity contribution in [3.05, 3.63) is 23.9 Å². The Bertz CT molecular complexity index is 410. The minimum absolute atomic E-state index is 0.150. The molecular weight excluding hydrogens is 268 g/mol. The second kappa shape index (κ2) is 6.86. The molecule has 1 atom stereocenters. The number of nitrogens with zero attached hydrogens (tertiary/aromatic N) is 1. The van der Waals surface area contributed by atoms with Crippen LogP contribution < -0.4 is 16.6 Å². The van der Waals surface area contributed by atoms with Gasteiger partial charge in [0, 0.05) is 29.1 Å². The van der Waals surface area contributed by atoms with Gasteiger partial charge in [0.1, 0.15) is 11.5 Å². The highest BCUT2D eigenvalue weighted by molar-refractivity contribution is 8.06. The van der Waals surface area contributed by atoms with Crippen LogP contribution in [-0.2, 0) is 0 Å². The van der Waals surface area contributed by atoms with E-state index in [0.717, 1.165) is 11.5 Å². The van der Waals surface area contributed by atoms with Crippen LogP contribution in [-0.4, -0.2) is 39.9 Å². The van der Waals surface area contributed by atoms with Crippen molar-refractivity contribution in [1.82, 2.24) is 10.3 Å². The van der Waals surface area contributed by atoms with Crippen molar-refractivity contribution in [3.8, 4) is 0 Å². The summed E-state index contributed by atoms with van der Waals surface area (Å²) in [5, 5.41) is 3.42. The third-order valence-electron chi connectivity index (χ3n) is 2.50. The van der Waals surface area contributed by atoms with Gasteiger partial charge in [0.05, 0.1) is 0 Å². The van der Waals surface area contributed by atoms with Gasteiger partial charge in [0.2, 0.25) is 0 Å². The van der Waals surface area contributed by atoms with Gasteiger partial charge in [-0.3, -0.25) is 4.79 Å². The van der Waals surface area contributed by atoms with Crippen LogP contribution in [0.1, 0.15) is 10.5 Å². The molecule has 2 rings (SSSR count). The van der Waals surface area contributed by atoms with Crippen molar-refractivity contribution in [1.29, 1.82) is 0 Å². The van der Waals surface area contributed by atoms with E-state index in [0.29, 0.717) is 23.3 Å². The molecule has 1 aliphatic heterocycles. The Morgan fingerprint density at radius 2 is 2.39 bits per heavy atom. The number of carbonyl (C=O) groups excluding carboxylic acids is 1. The predicted molar refractivity (Wildman–Crippen MR) is 78.0 cm³/mol. The number of hydrogen-bond acceptors (Lipinski definition) is 6. The predicted octanol–water partition coefficient (Wildman–Crippen LogP) is 0.946. The maximum Gasteiger partial charge on any atom is 0.270 e. The molecule has 1 unspecified atom stereocenters. The Labute approximate surface area is 115 Å². The lowest BCUT2D eigenvalue weighted by molar-refractivity contribution is 0.0949. The minimum Gasteiger partial charge on any atom is -0.350 e. The van der Waals surface area contributed by atoms with E-state index in [4.69, 9.17) is 5.84 Å². The average molecular weight is 284 g/mol. The Morgan fingerprint density at radius 3 is 3.11 bits per heavy atom. The Hall–Kier alpha value is -0.920. The van der Waals surface area contributed by atoms with E-state index >= 15 is 0 Å². The highest BCUT2D eigenvalue weighted by atomic mass is 32.2. The van der Waals surface area contributed by atoms with Gasteiger partial charge in [-0.15, -0.1) is 0 Å². The van der Waals surface area contributed by atoms with E-state index in [-0.39, 0.29) is 5.91 Å². The van der Waals surface area contributed by atoms with Crippen molar-refractivity contribution >= 4 is 35.2 Å². The van der Waals surface area contributed by atoms with Crippen molar-refractivity contribution in [3.63, 3.8) is 0 Å². The summed E-state index contributed by atoms with van der Waals surface area (Å²) < 4.78 is 0. The van der Waals surface area contributed by atoms with Gasteiger partial charge < -0.3 is 10.7 Å². The first-order valence-corrected chi connectivity index (χ1v) is 7.91. The summed E-state index contributed by atoms with van der Waals surface area (Å²) in [5.41, 5.74) is 2.82. The topological polar surface area (TPSA) is 80.0 Å². The maximum atomic E-state index is 11.9. The molecule has 2 heterocycles. The van der Waals surface area contributed by atoms with Crippen molar-refractivity contribution < 1.29 is 4.79 Å². The zero-order valence-electron chi connectivity index (χ0n) is 9.89. The quantitative estimate of drug-likeness (QED) is 0.564. The van der Waals surface area contributed by atoms with Crippen LogP contribution in [0.15, 0.2) is 18.2 Å². The molecule has 0 aromatic carbocycles. The summed E-state index contributed by atoms with van der Waals surface area (Å²) in [7, 11) is 0. The highest BCUT2D eigenvalue weighted by Gasteiger charge is 2.16. The van der Waals surface area contributed by atoms with Crippen LogP contribution in [0, 0.1) is 0 Å². The van der Waals surface area contributed by atoms with Crippen LogP contribution in [0.5, 0.6) is 0 Å². The molecule has 1 saturated heterocycles. The number of aromatic nitrogens is 1. The normalized spacial score (nSPS) is 19.3. The first kappa shape index (κ1) is 13.5. The molecule has 4 N–H and O–H groups in total. The molecule has 7 heteroatoms. The summed E-state index contributed by atoms with van der Waals surface area (Å²) in [6.45, 7) is 0.693. The monoisotopic (exact) mass is 284 g/mol. The number of hydrazine groups is 1. The molecule has 1 aliphatic rings. The van der Waals surface area contributed by atoms with E-state index in [2.05, 4.69) is 15.7 Å². The zero-order chi connectivity index (χ0) is 12.8. The number of nitrogens with two attached hydrogens (primary N) is 1. The number of hydrogen-bond donors (Lipinski definition) is 3. The fourth-order valence-corrected chi connectivity index (χ4v) is 4.20. The highest BCUT2D eigenvalue weighted by Crippen LogP contribution is 2.23. The summed E-state index contributed by atoms with van der Waals surface area (Å²) >= 11 is 3.86. The van der Waals surface area contributed by atoms with Gasteiger partial charge in [-0.1, -0.05) is 6.07 Å². The maximum absolute atomic E-state index is 11.9. The minimum atomic E-state index is -0.150. The van der Waals surface area contributed by atoms with Gasteiger partial charge in [-0.05, 0) is 12.1 Å². The van der Waals surface area contributed by atoms with Gasteiger partial charge in [-0.25, -0.2) is 10.8 Å². The second-order valence-electron chi connectivity index (χ2n) is 3.83. The number of anilines is 1. The van der Waals surface area contributed by atoms with Crippen molar-refractivity contribution in [2.24, 2.45) is 5.84 Å².